The molecule has 1 spiro atoms. The van der Waals surface area contributed by atoms with E-state index < -0.39 is 0 Å². The van der Waals surface area contributed by atoms with Crippen LogP contribution in [0.5, 0.6) is 11.5 Å². The number of fused-ring (bicyclic) bond motifs is 1. The van der Waals surface area contributed by atoms with E-state index in [1.807, 2.05) is 37.3 Å². The molecule has 1 N–H and O–H groups in total. The summed E-state index contributed by atoms with van der Waals surface area (Å²) in [6.45, 7) is 3.43. The zero-order chi connectivity index (χ0) is 18.0. The van der Waals surface area contributed by atoms with E-state index in [4.69, 9.17) is 9.47 Å². The molecule has 1 saturated carbocycles. The first kappa shape index (κ1) is 17.0. The van der Waals surface area contributed by atoms with Gasteiger partial charge in [-0.15, -0.1) is 0 Å². The molecule has 2 aromatic carbocycles. The highest BCUT2D eigenvalue weighted by molar-refractivity contribution is 5.95. The molecule has 1 fully saturated rings. The lowest BCUT2D eigenvalue weighted by Gasteiger charge is -2.15. The number of hydrogen-bond acceptors (Lipinski definition) is 3. The Kier molecular flexibility index (Phi) is 4.58. The molecule has 1 aliphatic heterocycles. The average Bonchev–Trinajstić information content (AvgIpc) is 3.47. The van der Waals surface area contributed by atoms with E-state index in [1.54, 1.807) is 6.07 Å². The number of amides is 1. The van der Waals surface area contributed by atoms with Crippen molar-refractivity contribution in [3.8, 4) is 11.5 Å². The fourth-order valence-corrected chi connectivity index (χ4v) is 3.26. The third-order valence-electron chi connectivity index (χ3n) is 5.32. The predicted octanol–water partition coefficient (Wildman–Crippen LogP) is 3.99. The first-order valence-electron chi connectivity index (χ1n) is 9.38. The summed E-state index contributed by atoms with van der Waals surface area (Å²) in [5.74, 6) is 1.35. The van der Waals surface area contributed by atoms with E-state index in [9.17, 15) is 4.79 Å². The van der Waals surface area contributed by atoms with Crippen LogP contribution in [0.2, 0.25) is 0 Å². The third kappa shape index (κ3) is 3.85. The van der Waals surface area contributed by atoms with Gasteiger partial charge in [0.1, 0.15) is 0 Å². The molecule has 0 saturated heterocycles. The Morgan fingerprint density at radius 2 is 1.81 bits per heavy atom. The molecule has 0 aromatic heterocycles. The van der Waals surface area contributed by atoms with Gasteiger partial charge in [0.2, 0.25) is 0 Å². The lowest BCUT2D eigenvalue weighted by atomic mass is 10.1. The SMILES string of the molecule is CC(CCc1ccccc1)NC(=O)c1ccc2c(c1)OCC1(CC1)CO2. The molecule has 1 unspecified atom stereocenters. The molecule has 0 radical (unpaired) electrons. The molecule has 2 aliphatic rings. The number of ether oxygens (including phenoxy) is 2. The lowest BCUT2D eigenvalue weighted by molar-refractivity contribution is 0.0938. The highest BCUT2D eigenvalue weighted by Crippen LogP contribution is 2.49. The molecule has 0 bridgehead atoms. The van der Waals surface area contributed by atoms with Crippen LogP contribution in [0.4, 0.5) is 0 Å². The molecule has 1 heterocycles. The van der Waals surface area contributed by atoms with Crippen LogP contribution in [0.15, 0.2) is 48.5 Å². The Balaban J connectivity index is 1.35. The standard InChI is InChI=1S/C22H25NO3/c1-16(7-8-17-5-3-2-4-6-17)23-21(24)18-9-10-19-20(13-18)26-15-22(11-12-22)14-25-19/h2-6,9-10,13,16H,7-8,11-12,14-15H2,1H3,(H,23,24). The minimum absolute atomic E-state index is 0.0673. The zero-order valence-electron chi connectivity index (χ0n) is 15.2. The fourth-order valence-electron chi connectivity index (χ4n) is 3.26. The van der Waals surface area contributed by atoms with E-state index in [-0.39, 0.29) is 17.4 Å². The third-order valence-corrected chi connectivity index (χ3v) is 5.32. The van der Waals surface area contributed by atoms with Crippen LogP contribution in [0.3, 0.4) is 0 Å². The van der Waals surface area contributed by atoms with Gasteiger partial charge < -0.3 is 14.8 Å². The lowest BCUT2D eigenvalue weighted by Crippen LogP contribution is -2.32. The Morgan fingerprint density at radius 3 is 2.54 bits per heavy atom. The molecular weight excluding hydrogens is 326 g/mol. The van der Waals surface area contributed by atoms with Crippen molar-refractivity contribution >= 4 is 5.91 Å². The minimum atomic E-state index is -0.0673. The van der Waals surface area contributed by atoms with E-state index in [2.05, 4.69) is 17.4 Å². The van der Waals surface area contributed by atoms with Crippen molar-refractivity contribution in [1.29, 1.82) is 0 Å². The van der Waals surface area contributed by atoms with Crippen LogP contribution in [-0.4, -0.2) is 25.2 Å². The average molecular weight is 351 g/mol. The van der Waals surface area contributed by atoms with Gasteiger partial charge in [0, 0.05) is 17.0 Å². The van der Waals surface area contributed by atoms with Crippen LogP contribution in [0, 0.1) is 5.41 Å². The summed E-state index contributed by atoms with van der Waals surface area (Å²) in [6, 6.07) is 15.9. The maximum absolute atomic E-state index is 12.6. The van der Waals surface area contributed by atoms with Crippen molar-refractivity contribution in [2.24, 2.45) is 5.41 Å². The summed E-state index contributed by atoms with van der Waals surface area (Å²) < 4.78 is 11.8. The van der Waals surface area contributed by atoms with Crippen molar-refractivity contribution in [2.75, 3.05) is 13.2 Å². The largest absolute Gasteiger partial charge is 0.489 e. The molecule has 1 amide bonds. The molecule has 1 atom stereocenters. The van der Waals surface area contributed by atoms with Crippen molar-refractivity contribution in [3.05, 3.63) is 59.7 Å². The number of hydrogen-bond donors (Lipinski definition) is 1. The van der Waals surface area contributed by atoms with Gasteiger partial charge in [-0.05, 0) is 56.4 Å². The number of rotatable bonds is 5. The van der Waals surface area contributed by atoms with Crippen LogP contribution < -0.4 is 14.8 Å². The Morgan fingerprint density at radius 1 is 1.08 bits per heavy atom. The predicted molar refractivity (Wildman–Crippen MR) is 101 cm³/mol. The van der Waals surface area contributed by atoms with Crippen molar-refractivity contribution < 1.29 is 14.3 Å². The van der Waals surface area contributed by atoms with Crippen LogP contribution in [0.25, 0.3) is 0 Å². The van der Waals surface area contributed by atoms with Gasteiger partial charge in [-0.1, -0.05) is 30.3 Å². The van der Waals surface area contributed by atoms with E-state index in [0.29, 0.717) is 24.5 Å². The van der Waals surface area contributed by atoms with Crippen LogP contribution >= 0.6 is 0 Å². The summed E-state index contributed by atoms with van der Waals surface area (Å²) in [5.41, 5.74) is 2.11. The molecule has 136 valence electrons. The normalized spacial score (nSPS) is 18.0. The van der Waals surface area contributed by atoms with Gasteiger partial charge in [-0.3, -0.25) is 4.79 Å². The molecule has 26 heavy (non-hydrogen) atoms. The van der Waals surface area contributed by atoms with Crippen LogP contribution in [0.1, 0.15) is 42.1 Å². The van der Waals surface area contributed by atoms with Gasteiger partial charge in [-0.2, -0.15) is 0 Å². The first-order chi connectivity index (χ1) is 12.6. The molecule has 2 aromatic rings. The van der Waals surface area contributed by atoms with Crippen LogP contribution in [-0.2, 0) is 6.42 Å². The summed E-state index contributed by atoms with van der Waals surface area (Å²) in [4.78, 5) is 12.6. The maximum atomic E-state index is 12.6. The second kappa shape index (κ2) is 7.02. The van der Waals surface area contributed by atoms with E-state index >= 15 is 0 Å². The minimum Gasteiger partial charge on any atom is -0.489 e. The number of benzene rings is 2. The van der Waals surface area contributed by atoms with Gasteiger partial charge in [0.15, 0.2) is 11.5 Å². The summed E-state index contributed by atoms with van der Waals surface area (Å²) in [5, 5.41) is 3.08. The van der Waals surface area contributed by atoms with E-state index in [0.717, 1.165) is 31.4 Å². The topological polar surface area (TPSA) is 47.6 Å². The monoisotopic (exact) mass is 351 g/mol. The fraction of sp³-hybridized carbons (Fsp3) is 0.409. The zero-order valence-corrected chi connectivity index (χ0v) is 15.2. The Hall–Kier alpha value is -2.49. The van der Waals surface area contributed by atoms with Gasteiger partial charge in [0.25, 0.3) is 5.91 Å². The quantitative estimate of drug-likeness (QED) is 0.886. The van der Waals surface area contributed by atoms with Crippen molar-refractivity contribution in [1.82, 2.24) is 5.32 Å². The molecule has 4 heteroatoms. The molecular formula is C22H25NO3. The summed E-state index contributed by atoms with van der Waals surface area (Å²) in [7, 11) is 0. The van der Waals surface area contributed by atoms with Crippen molar-refractivity contribution in [3.63, 3.8) is 0 Å². The highest BCUT2D eigenvalue weighted by atomic mass is 16.5. The number of carbonyl (C=O) groups is 1. The second-order valence-corrected chi connectivity index (χ2v) is 7.64. The Bertz CT molecular complexity index is 783. The second-order valence-electron chi connectivity index (χ2n) is 7.64. The molecule has 1 aliphatic carbocycles. The molecule has 4 nitrogen and oxygen atoms in total. The smallest absolute Gasteiger partial charge is 0.251 e. The molecule has 4 rings (SSSR count). The Labute approximate surface area is 154 Å². The van der Waals surface area contributed by atoms with Gasteiger partial charge >= 0.3 is 0 Å². The first-order valence-corrected chi connectivity index (χ1v) is 9.38. The number of aryl methyl sites for hydroxylation is 1. The number of nitrogens with one attached hydrogen (secondary N) is 1. The summed E-state index contributed by atoms with van der Waals surface area (Å²) >= 11 is 0. The number of carbonyl (C=O) groups excluding carboxylic acids is 1. The van der Waals surface area contributed by atoms with E-state index in [1.165, 1.54) is 5.56 Å². The highest BCUT2D eigenvalue weighted by Gasteiger charge is 2.46. The summed E-state index contributed by atoms with van der Waals surface area (Å²) in [6.07, 6.45) is 4.18. The van der Waals surface area contributed by atoms with Gasteiger partial charge in [-0.25, -0.2) is 0 Å². The van der Waals surface area contributed by atoms with Crippen molar-refractivity contribution in [2.45, 2.75) is 38.6 Å². The maximum Gasteiger partial charge on any atom is 0.251 e. The van der Waals surface area contributed by atoms with Gasteiger partial charge in [0.05, 0.1) is 13.2 Å².